The Balaban J connectivity index is 0.00000450. The van der Waals surface area contributed by atoms with Gasteiger partial charge in [-0.1, -0.05) is 41.9 Å². The van der Waals surface area contributed by atoms with Crippen molar-refractivity contribution in [1.82, 2.24) is 16.0 Å². The van der Waals surface area contributed by atoms with Gasteiger partial charge in [-0.3, -0.25) is 9.79 Å². The van der Waals surface area contributed by atoms with Gasteiger partial charge >= 0.3 is 6.36 Å². The number of hydrogen-bond donors (Lipinski definition) is 3. The summed E-state index contributed by atoms with van der Waals surface area (Å²) >= 11 is 5.97. The maximum absolute atomic E-state index is 12.5. The van der Waals surface area contributed by atoms with Crippen molar-refractivity contribution in [3.05, 3.63) is 64.7 Å². The van der Waals surface area contributed by atoms with Crippen molar-refractivity contribution in [2.24, 2.45) is 4.99 Å². The van der Waals surface area contributed by atoms with Crippen LogP contribution in [0.25, 0.3) is 0 Å². The molecule has 0 aliphatic carbocycles. The van der Waals surface area contributed by atoms with Gasteiger partial charge in [-0.2, -0.15) is 0 Å². The van der Waals surface area contributed by atoms with Crippen molar-refractivity contribution in [3.8, 4) is 5.75 Å². The lowest BCUT2D eigenvalue weighted by molar-refractivity contribution is -0.274. The van der Waals surface area contributed by atoms with Crippen LogP contribution >= 0.6 is 35.6 Å². The van der Waals surface area contributed by atoms with E-state index in [1.807, 2.05) is 0 Å². The smallest absolute Gasteiger partial charge is 0.405 e. The number of halogens is 5. The number of alkyl halides is 3. The number of ether oxygens (including phenoxy) is 1. The van der Waals surface area contributed by atoms with Gasteiger partial charge in [0.2, 0.25) is 0 Å². The highest BCUT2D eigenvalue weighted by atomic mass is 127. The van der Waals surface area contributed by atoms with Crippen molar-refractivity contribution in [1.29, 1.82) is 0 Å². The lowest BCUT2D eigenvalue weighted by atomic mass is 10.2. The highest BCUT2D eigenvalue weighted by Crippen LogP contribution is 2.26. The van der Waals surface area contributed by atoms with E-state index < -0.39 is 6.36 Å². The maximum atomic E-state index is 12.5. The first kappa shape index (κ1) is 25.8. The molecule has 11 heteroatoms. The second-order valence-corrected chi connectivity index (χ2v) is 6.15. The van der Waals surface area contributed by atoms with Crippen LogP contribution in [0.3, 0.4) is 0 Å². The minimum atomic E-state index is -4.77. The molecule has 164 valence electrons. The van der Waals surface area contributed by atoms with Gasteiger partial charge in [0.05, 0.1) is 10.6 Å². The zero-order valence-corrected chi connectivity index (χ0v) is 19.0. The van der Waals surface area contributed by atoms with E-state index in [-0.39, 0.29) is 42.2 Å². The van der Waals surface area contributed by atoms with E-state index in [2.05, 4.69) is 25.7 Å². The molecule has 0 aliphatic heterocycles. The van der Waals surface area contributed by atoms with Gasteiger partial charge in [-0.05, 0) is 18.2 Å². The van der Waals surface area contributed by atoms with Crippen molar-refractivity contribution in [3.63, 3.8) is 0 Å². The molecule has 0 saturated carbocycles. The van der Waals surface area contributed by atoms with E-state index in [1.54, 1.807) is 30.3 Å². The molecule has 1 amide bonds. The van der Waals surface area contributed by atoms with Crippen molar-refractivity contribution in [2.45, 2.75) is 12.9 Å². The molecule has 2 rings (SSSR count). The summed E-state index contributed by atoms with van der Waals surface area (Å²) < 4.78 is 41.5. The minimum Gasteiger partial charge on any atom is -0.405 e. The number of amides is 1. The van der Waals surface area contributed by atoms with Crippen LogP contribution in [0.5, 0.6) is 5.75 Å². The lowest BCUT2D eigenvalue weighted by Gasteiger charge is -2.15. The second-order valence-electron chi connectivity index (χ2n) is 5.74. The number of para-hydroxylation sites is 1. The molecule has 0 aromatic heterocycles. The second kappa shape index (κ2) is 12.5. The molecule has 6 nitrogen and oxygen atoms in total. The zero-order valence-electron chi connectivity index (χ0n) is 15.9. The molecule has 0 saturated heterocycles. The summed E-state index contributed by atoms with van der Waals surface area (Å²) in [6, 6.07) is 12.5. The quantitative estimate of drug-likeness (QED) is 0.209. The Labute approximate surface area is 194 Å². The third-order valence-corrected chi connectivity index (χ3v) is 4.02. The van der Waals surface area contributed by atoms with Crippen LogP contribution in [-0.4, -0.2) is 38.4 Å². The fraction of sp³-hybridized carbons (Fsp3) is 0.263. The van der Waals surface area contributed by atoms with E-state index in [9.17, 15) is 18.0 Å². The average molecular weight is 557 g/mol. The Hall–Kier alpha value is -2.21. The molecule has 3 N–H and O–H groups in total. The largest absolute Gasteiger partial charge is 0.573 e. The molecular weight excluding hydrogens is 536 g/mol. The van der Waals surface area contributed by atoms with Crippen LogP contribution in [0.2, 0.25) is 5.02 Å². The molecule has 2 aromatic rings. The number of rotatable bonds is 7. The monoisotopic (exact) mass is 556 g/mol. The maximum Gasteiger partial charge on any atom is 0.573 e. The topological polar surface area (TPSA) is 74.8 Å². The first-order valence-corrected chi connectivity index (χ1v) is 8.99. The van der Waals surface area contributed by atoms with Crippen molar-refractivity contribution >= 4 is 47.4 Å². The molecule has 0 spiro atoms. The highest BCUT2D eigenvalue weighted by Gasteiger charge is 2.31. The first-order chi connectivity index (χ1) is 13.8. The van der Waals surface area contributed by atoms with E-state index in [4.69, 9.17) is 11.6 Å². The third kappa shape index (κ3) is 8.66. The number of hydrogen-bond acceptors (Lipinski definition) is 3. The van der Waals surface area contributed by atoms with Gasteiger partial charge in [-0.15, -0.1) is 37.1 Å². The summed E-state index contributed by atoms with van der Waals surface area (Å²) in [7, 11) is 1.52. The van der Waals surface area contributed by atoms with Crippen molar-refractivity contribution < 1.29 is 22.7 Å². The fourth-order valence-electron chi connectivity index (χ4n) is 2.37. The molecule has 0 aliphatic rings. The predicted molar refractivity (Wildman–Crippen MR) is 121 cm³/mol. The van der Waals surface area contributed by atoms with Gasteiger partial charge in [0, 0.05) is 32.2 Å². The minimum absolute atomic E-state index is 0. The van der Waals surface area contributed by atoms with Crippen LogP contribution in [-0.2, 0) is 6.54 Å². The third-order valence-electron chi connectivity index (χ3n) is 3.69. The summed E-state index contributed by atoms with van der Waals surface area (Å²) in [5.41, 5.74) is 0.692. The van der Waals surface area contributed by atoms with E-state index >= 15 is 0 Å². The molecule has 0 heterocycles. The zero-order chi connectivity index (χ0) is 21.3. The molecule has 0 radical (unpaired) electrons. The number of nitrogens with one attached hydrogen (secondary N) is 3. The molecule has 0 atom stereocenters. The summed E-state index contributed by atoms with van der Waals surface area (Å²) in [5.74, 6) is -0.229. The van der Waals surface area contributed by atoms with E-state index in [1.165, 1.54) is 25.2 Å². The average Bonchev–Trinajstić information content (AvgIpc) is 2.67. The summed E-state index contributed by atoms with van der Waals surface area (Å²) in [6.07, 6.45) is -4.77. The Kier molecular flexibility index (Phi) is 10.7. The number of nitrogens with zero attached hydrogens (tertiary/aromatic N) is 1. The van der Waals surface area contributed by atoms with Crippen LogP contribution in [0.4, 0.5) is 13.2 Å². The number of carbonyl (C=O) groups is 1. The highest BCUT2D eigenvalue weighted by molar-refractivity contribution is 14.0. The van der Waals surface area contributed by atoms with E-state index in [0.29, 0.717) is 35.2 Å². The van der Waals surface area contributed by atoms with Crippen LogP contribution in [0.15, 0.2) is 53.5 Å². The standard InChI is InChI=1S/C19H20ClF3N4O2.HI/c1-24-18(26-11-10-25-17(28)14-7-3-4-8-15(14)20)27-12-13-6-2-5-9-16(13)29-19(21,22)23;/h2-9H,10-12H2,1H3,(H,25,28)(H2,24,26,27);1H. The predicted octanol–water partition coefficient (Wildman–Crippen LogP) is 3.95. The summed E-state index contributed by atoms with van der Waals surface area (Å²) in [5, 5.41) is 8.93. The lowest BCUT2D eigenvalue weighted by Crippen LogP contribution is -2.41. The Bertz CT molecular complexity index is 866. The van der Waals surface area contributed by atoms with Crippen molar-refractivity contribution in [2.75, 3.05) is 20.1 Å². The molecular formula is C19H21ClF3IN4O2. The van der Waals surface area contributed by atoms with Gasteiger partial charge in [0.1, 0.15) is 5.75 Å². The Morgan fingerprint density at radius 1 is 1.03 bits per heavy atom. The molecule has 0 bridgehead atoms. The van der Waals surface area contributed by atoms with Gasteiger partial charge in [-0.25, -0.2) is 0 Å². The van der Waals surface area contributed by atoms with Gasteiger partial charge in [0.15, 0.2) is 5.96 Å². The molecule has 0 unspecified atom stereocenters. The Morgan fingerprint density at radius 2 is 1.67 bits per heavy atom. The summed E-state index contributed by atoms with van der Waals surface area (Å²) in [6.45, 7) is 0.701. The number of benzene rings is 2. The first-order valence-electron chi connectivity index (χ1n) is 8.61. The number of carbonyl (C=O) groups excluding carboxylic acids is 1. The van der Waals surface area contributed by atoms with Gasteiger partial charge in [0.25, 0.3) is 5.91 Å². The fourth-order valence-corrected chi connectivity index (χ4v) is 2.59. The SMILES string of the molecule is CN=C(NCCNC(=O)c1ccccc1Cl)NCc1ccccc1OC(F)(F)F.I. The van der Waals surface area contributed by atoms with Gasteiger partial charge < -0.3 is 20.7 Å². The van der Waals surface area contributed by atoms with Crippen LogP contribution in [0.1, 0.15) is 15.9 Å². The Morgan fingerprint density at radius 3 is 2.33 bits per heavy atom. The normalized spacial score (nSPS) is 11.3. The summed E-state index contributed by atoms with van der Waals surface area (Å²) in [4.78, 5) is 16.1. The molecule has 0 fully saturated rings. The number of aliphatic imine (C=N–C) groups is 1. The molecule has 30 heavy (non-hydrogen) atoms. The number of guanidine groups is 1. The molecule has 2 aromatic carbocycles. The van der Waals surface area contributed by atoms with Crippen LogP contribution < -0.4 is 20.7 Å². The van der Waals surface area contributed by atoms with Crippen LogP contribution in [0, 0.1) is 0 Å². The van der Waals surface area contributed by atoms with E-state index in [0.717, 1.165) is 0 Å².